The quantitative estimate of drug-likeness (QED) is 0.531. The third-order valence-corrected chi connectivity index (χ3v) is 7.33. The Labute approximate surface area is 199 Å². The maximum absolute atomic E-state index is 13.3. The molecule has 0 radical (unpaired) electrons. The van der Waals surface area contributed by atoms with Gasteiger partial charge in [0.05, 0.1) is 20.3 Å². The van der Waals surface area contributed by atoms with Crippen LogP contribution in [0.5, 0.6) is 11.5 Å². The van der Waals surface area contributed by atoms with Gasteiger partial charge in [0, 0.05) is 31.9 Å². The molecule has 1 unspecified atom stereocenters. The minimum absolute atomic E-state index is 0.00708. The van der Waals surface area contributed by atoms with Crippen molar-refractivity contribution in [1.29, 1.82) is 0 Å². The lowest BCUT2D eigenvalue weighted by Gasteiger charge is -2.38. The average molecular weight is 482 g/mol. The lowest BCUT2D eigenvalue weighted by atomic mass is 9.87. The van der Waals surface area contributed by atoms with Gasteiger partial charge < -0.3 is 14.4 Å². The van der Waals surface area contributed by atoms with E-state index in [1.54, 1.807) is 20.3 Å². The van der Waals surface area contributed by atoms with Gasteiger partial charge >= 0.3 is 0 Å². The number of nitrogens with one attached hydrogen (secondary N) is 1. The van der Waals surface area contributed by atoms with Crippen LogP contribution in [0.4, 0.5) is 0 Å². The molecular weight excluding hydrogens is 454 g/mol. The second-order valence-corrected chi connectivity index (χ2v) is 9.66. The number of fused-ring (bicyclic) bond motifs is 1. The Balaban J connectivity index is 1.58. The smallest absolute Gasteiger partial charge is 0.242 e. The third kappa shape index (κ3) is 4.90. The molecule has 1 aromatic heterocycles. The van der Waals surface area contributed by atoms with Crippen molar-refractivity contribution in [3.8, 4) is 11.5 Å². The molecule has 34 heavy (non-hydrogen) atoms. The van der Waals surface area contributed by atoms with Crippen LogP contribution in [-0.2, 0) is 21.2 Å². The van der Waals surface area contributed by atoms with E-state index < -0.39 is 10.0 Å². The number of amides is 1. The average Bonchev–Trinajstić information content (AvgIpc) is 2.87. The molecule has 2 aromatic carbocycles. The molecule has 0 saturated heterocycles. The summed E-state index contributed by atoms with van der Waals surface area (Å²) in [7, 11) is -0.545. The predicted molar refractivity (Wildman–Crippen MR) is 127 cm³/mol. The molecule has 1 amide bonds. The first-order chi connectivity index (χ1) is 16.4. The summed E-state index contributed by atoms with van der Waals surface area (Å²) in [6, 6.07) is 16.4. The summed E-state index contributed by atoms with van der Waals surface area (Å²) in [6.45, 7) is 0.503. The second-order valence-electron chi connectivity index (χ2n) is 7.89. The van der Waals surface area contributed by atoms with Crippen molar-refractivity contribution < 1.29 is 22.7 Å². The van der Waals surface area contributed by atoms with Crippen molar-refractivity contribution in [2.45, 2.75) is 23.8 Å². The fourth-order valence-electron chi connectivity index (χ4n) is 4.23. The molecule has 0 aliphatic carbocycles. The second kappa shape index (κ2) is 10.2. The molecule has 2 heterocycles. The first kappa shape index (κ1) is 23.7. The van der Waals surface area contributed by atoms with E-state index in [9.17, 15) is 13.2 Å². The molecule has 0 spiro atoms. The van der Waals surface area contributed by atoms with E-state index in [1.807, 2.05) is 47.4 Å². The zero-order valence-electron chi connectivity index (χ0n) is 19.1. The van der Waals surface area contributed by atoms with Gasteiger partial charge in [-0.2, -0.15) is 0 Å². The van der Waals surface area contributed by atoms with Gasteiger partial charge in [-0.15, -0.1) is 0 Å². The summed E-state index contributed by atoms with van der Waals surface area (Å²) in [6.07, 6.45) is 3.47. The topological polar surface area (TPSA) is 97.8 Å². The minimum atomic E-state index is -3.73. The van der Waals surface area contributed by atoms with Gasteiger partial charge in [0.2, 0.25) is 15.9 Å². The largest absolute Gasteiger partial charge is 0.493 e. The normalized spacial score (nSPS) is 15.5. The van der Waals surface area contributed by atoms with E-state index in [4.69, 9.17) is 9.47 Å². The van der Waals surface area contributed by atoms with Gasteiger partial charge in [-0.05, 0) is 47.4 Å². The summed E-state index contributed by atoms with van der Waals surface area (Å²) in [5.41, 5.74) is 3.03. The van der Waals surface area contributed by atoms with Gasteiger partial charge in [0.15, 0.2) is 11.5 Å². The van der Waals surface area contributed by atoms with Crippen LogP contribution in [0.3, 0.4) is 0 Å². The molecule has 1 aliphatic heterocycles. The number of ether oxygens (including phenoxy) is 2. The van der Waals surface area contributed by atoms with Gasteiger partial charge in [-0.1, -0.05) is 30.3 Å². The Morgan fingerprint density at radius 3 is 2.50 bits per heavy atom. The van der Waals surface area contributed by atoms with Crippen molar-refractivity contribution in [2.24, 2.45) is 0 Å². The van der Waals surface area contributed by atoms with Gasteiger partial charge in [0.25, 0.3) is 0 Å². The van der Waals surface area contributed by atoms with E-state index in [0.717, 1.165) is 16.7 Å². The summed E-state index contributed by atoms with van der Waals surface area (Å²) in [4.78, 5) is 19.0. The number of carbonyl (C=O) groups excluding carboxylic acids is 1. The molecule has 1 atom stereocenters. The standard InChI is InChI=1S/C25H27N3O5S/c1-32-22-15-19-11-14-28(24(29)10-13-27-34(30,31)20-9-6-12-26-17-20)25(18-7-4-3-5-8-18)21(19)16-23(22)33-2/h3-9,12,15-17,25,27H,10-11,13-14H2,1-2H3. The molecule has 3 aromatic rings. The van der Waals surface area contributed by atoms with Crippen molar-refractivity contribution in [2.75, 3.05) is 27.3 Å². The molecule has 0 saturated carbocycles. The van der Waals surface area contributed by atoms with Crippen LogP contribution in [0, 0.1) is 0 Å². The van der Waals surface area contributed by atoms with Crippen LogP contribution < -0.4 is 14.2 Å². The first-order valence-electron chi connectivity index (χ1n) is 10.9. The SMILES string of the molecule is COc1cc2c(cc1OC)C(c1ccccc1)N(C(=O)CCNS(=O)(=O)c1cccnc1)CC2. The number of rotatable bonds is 8. The first-order valence-corrected chi connectivity index (χ1v) is 12.4. The fourth-order valence-corrected chi connectivity index (χ4v) is 5.23. The monoisotopic (exact) mass is 481 g/mol. The van der Waals surface area contributed by atoms with E-state index >= 15 is 0 Å². The summed E-state index contributed by atoms with van der Waals surface area (Å²) in [5, 5.41) is 0. The molecular formula is C25H27N3O5S. The van der Waals surface area contributed by atoms with Crippen LogP contribution in [0.1, 0.15) is 29.2 Å². The molecule has 9 heteroatoms. The van der Waals surface area contributed by atoms with Crippen LogP contribution in [0.15, 0.2) is 71.9 Å². The van der Waals surface area contributed by atoms with Gasteiger partial charge in [-0.25, -0.2) is 13.1 Å². The Kier molecular flexibility index (Phi) is 7.14. The highest BCUT2D eigenvalue weighted by Gasteiger charge is 2.33. The molecule has 1 N–H and O–H groups in total. The van der Waals surface area contributed by atoms with E-state index in [2.05, 4.69) is 9.71 Å². The van der Waals surface area contributed by atoms with Gasteiger partial charge in [-0.3, -0.25) is 9.78 Å². The third-order valence-electron chi connectivity index (χ3n) is 5.88. The van der Waals surface area contributed by atoms with Crippen molar-refractivity contribution in [3.05, 3.63) is 83.7 Å². The Bertz CT molecular complexity index is 1250. The molecule has 178 valence electrons. The highest BCUT2D eigenvalue weighted by molar-refractivity contribution is 7.89. The number of pyridine rings is 1. The van der Waals surface area contributed by atoms with Crippen LogP contribution in [0.2, 0.25) is 0 Å². The number of hydrogen-bond donors (Lipinski definition) is 1. The number of sulfonamides is 1. The maximum Gasteiger partial charge on any atom is 0.242 e. The number of hydrogen-bond acceptors (Lipinski definition) is 6. The van der Waals surface area contributed by atoms with Crippen molar-refractivity contribution in [1.82, 2.24) is 14.6 Å². The van der Waals surface area contributed by atoms with Crippen LogP contribution >= 0.6 is 0 Å². The Morgan fingerprint density at radius 1 is 1.09 bits per heavy atom. The summed E-state index contributed by atoms with van der Waals surface area (Å²) >= 11 is 0. The lowest BCUT2D eigenvalue weighted by molar-refractivity contribution is -0.133. The molecule has 8 nitrogen and oxygen atoms in total. The highest BCUT2D eigenvalue weighted by atomic mass is 32.2. The molecule has 4 rings (SSSR count). The zero-order chi connectivity index (χ0) is 24.1. The number of aromatic nitrogens is 1. The minimum Gasteiger partial charge on any atom is -0.493 e. The highest BCUT2D eigenvalue weighted by Crippen LogP contribution is 2.41. The maximum atomic E-state index is 13.3. The number of benzene rings is 2. The van der Waals surface area contributed by atoms with E-state index in [1.165, 1.54) is 18.5 Å². The van der Waals surface area contributed by atoms with E-state index in [-0.39, 0.29) is 29.8 Å². The zero-order valence-corrected chi connectivity index (χ0v) is 19.9. The summed E-state index contributed by atoms with van der Waals surface area (Å²) in [5.74, 6) is 1.11. The van der Waals surface area contributed by atoms with E-state index in [0.29, 0.717) is 24.5 Å². The van der Waals surface area contributed by atoms with Crippen molar-refractivity contribution in [3.63, 3.8) is 0 Å². The lowest BCUT2D eigenvalue weighted by Crippen LogP contribution is -2.42. The molecule has 0 bridgehead atoms. The van der Waals surface area contributed by atoms with Gasteiger partial charge in [0.1, 0.15) is 4.90 Å². The Morgan fingerprint density at radius 2 is 1.82 bits per heavy atom. The fraction of sp³-hybridized carbons (Fsp3) is 0.280. The predicted octanol–water partition coefficient (Wildman–Crippen LogP) is 2.94. The number of nitrogens with zero attached hydrogens (tertiary/aromatic N) is 2. The molecule has 0 fully saturated rings. The van der Waals surface area contributed by atoms with Crippen molar-refractivity contribution >= 4 is 15.9 Å². The number of methoxy groups -OCH3 is 2. The van der Waals surface area contributed by atoms with Crippen LogP contribution in [-0.4, -0.2) is 51.5 Å². The van der Waals surface area contributed by atoms with Crippen LogP contribution in [0.25, 0.3) is 0 Å². The number of carbonyl (C=O) groups is 1. The molecule has 1 aliphatic rings. The Hall–Kier alpha value is -3.43. The summed E-state index contributed by atoms with van der Waals surface area (Å²) < 4.78 is 38.4.